The SMILES string of the molecule is COCCC(N)C(=O)Nc1nnc(C)c(C)n1. The van der Waals surface area contributed by atoms with E-state index in [1.54, 1.807) is 21.0 Å². The lowest BCUT2D eigenvalue weighted by molar-refractivity contribution is -0.117. The summed E-state index contributed by atoms with van der Waals surface area (Å²) in [5, 5.41) is 10.1. The van der Waals surface area contributed by atoms with E-state index in [4.69, 9.17) is 10.5 Å². The van der Waals surface area contributed by atoms with Gasteiger partial charge in [0.05, 0.1) is 17.4 Å². The van der Waals surface area contributed by atoms with Crippen LogP contribution in [0.4, 0.5) is 5.95 Å². The molecule has 0 spiro atoms. The van der Waals surface area contributed by atoms with E-state index in [1.165, 1.54) is 0 Å². The van der Waals surface area contributed by atoms with Gasteiger partial charge in [-0.3, -0.25) is 10.1 Å². The molecule has 7 heteroatoms. The molecule has 0 bridgehead atoms. The minimum Gasteiger partial charge on any atom is -0.385 e. The van der Waals surface area contributed by atoms with Crippen molar-refractivity contribution in [1.82, 2.24) is 15.2 Å². The Bertz CT molecular complexity index is 396. The van der Waals surface area contributed by atoms with E-state index >= 15 is 0 Å². The normalized spacial score (nSPS) is 12.2. The first kappa shape index (κ1) is 13.5. The number of nitrogens with zero attached hydrogens (tertiary/aromatic N) is 3. The fourth-order valence-corrected chi connectivity index (χ4v) is 1.09. The van der Waals surface area contributed by atoms with E-state index in [0.717, 1.165) is 11.4 Å². The van der Waals surface area contributed by atoms with Crippen molar-refractivity contribution in [3.63, 3.8) is 0 Å². The molecule has 1 amide bonds. The molecule has 1 aromatic heterocycles. The highest BCUT2D eigenvalue weighted by molar-refractivity contribution is 5.93. The van der Waals surface area contributed by atoms with Crippen molar-refractivity contribution in [2.45, 2.75) is 26.3 Å². The van der Waals surface area contributed by atoms with Crippen LogP contribution in [0.5, 0.6) is 0 Å². The van der Waals surface area contributed by atoms with Crippen molar-refractivity contribution in [1.29, 1.82) is 0 Å². The summed E-state index contributed by atoms with van der Waals surface area (Å²) in [4.78, 5) is 15.7. The maximum absolute atomic E-state index is 11.6. The van der Waals surface area contributed by atoms with Gasteiger partial charge in [-0.1, -0.05) is 0 Å². The molecule has 1 rings (SSSR count). The first-order chi connectivity index (χ1) is 8.04. The third-order valence-corrected chi connectivity index (χ3v) is 2.30. The molecule has 0 fully saturated rings. The fraction of sp³-hybridized carbons (Fsp3) is 0.600. The van der Waals surface area contributed by atoms with Crippen molar-refractivity contribution in [2.24, 2.45) is 5.73 Å². The summed E-state index contributed by atoms with van der Waals surface area (Å²) in [6, 6.07) is -0.639. The zero-order valence-electron chi connectivity index (χ0n) is 10.2. The Morgan fingerprint density at radius 3 is 2.71 bits per heavy atom. The first-order valence-electron chi connectivity index (χ1n) is 5.28. The largest absolute Gasteiger partial charge is 0.385 e. The Morgan fingerprint density at radius 1 is 1.41 bits per heavy atom. The molecule has 1 unspecified atom stereocenters. The number of nitrogens with two attached hydrogens (primary N) is 1. The number of carbonyl (C=O) groups excluding carboxylic acids is 1. The van der Waals surface area contributed by atoms with Gasteiger partial charge >= 0.3 is 0 Å². The van der Waals surface area contributed by atoms with Gasteiger partial charge in [-0.2, -0.15) is 5.10 Å². The number of rotatable bonds is 5. The van der Waals surface area contributed by atoms with E-state index < -0.39 is 6.04 Å². The second-order valence-corrected chi connectivity index (χ2v) is 3.68. The molecular formula is C10H17N5O2. The number of aryl methyl sites for hydroxylation is 2. The average molecular weight is 239 g/mol. The van der Waals surface area contributed by atoms with Crippen LogP contribution in [0, 0.1) is 13.8 Å². The predicted octanol–water partition coefficient (Wildman–Crippen LogP) is -0.209. The number of ether oxygens (including phenoxy) is 1. The number of methoxy groups -OCH3 is 1. The van der Waals surface area contributed by atoms with Gasteiger partial charge in [-0.05, 0) is 20.3 Å². The highest BCUT2D eigenvalue weighted by atomic mass is 16.5. The Morgan fingerprint density at radius 2 is 2.12 bits per heavy atom. The molecule has 1 aromatic rings. The van der Waals surface area contributed by atoms with Gasteiger partial charge in [0.25, 0.3) is 0 Å². The number of aromatic nitrogens is 3. The molecule has 0 aliphatic heterocycles. The zero-order valence-corrected chi connectivity index (χ0v) is 10.2. The topological polar surface area (TPSA) is 103 Å². The average Bonchev–Trinajstić information content (AvgIpc) is 2.30. The van der Waals surface area contributed by atoms with Crippen LogP contribution < -0.4 is 11.1 Å². The van der Waals surface area contributed by atoms with Crippen molar-refractivity contribution in [3.05, 3.63) is 11.4 Å². The summed E-state index contributed by atoms with van der Waals surface area (Å²) < 4.78 is 4.84. The fourth-order valence-electron chi connectivity index (χ4n) is 1.09. The van der Waals surface area contributed by atoms with Crippen LogP contribution in [0.1, 0.15) is 17.8 Å². The van der Waals surface area contributed by atoms with Gasteiger partial charge in [0.2, 0.25) is 11.9 Å². The number of amides is 1. The summed E-state index contributed by atoms with van der Waals surface area (Å²) in [5.41, 5.74) is 7.10. The standard InChI is InChI=1S/C10H17N5O2/c1-6-7(2)14-15-10(12-6)13-9(16)8(11)4-5-17-3/h8H,4-5,11H2,1-3H3,(H,12,13,15,16). The lowest BCUT2D eigenvalue weighted by Crippen LogP contribution is -2.37. The molecule has 1 atom stereocenters. The van der Waals surface area contributed by atoms with Crippen LogP contribution in [0.25, 0.3) is 0 Å². The Balaban J connectivity index is 2.58. The Kier molecular flexibility index (Phi) is 4.92. The number of hydrogen-bond donors (Lipinski definition) is 2. The van der Waals surface area contributed by atoms with E-state index in [1.807, 2.05) is 0 Å². The van der Waals surface area contributed by atoms with Crippen LogP contribution >= 0.6 is 0 Å². The highest BCUT2D eigenvalue weighted by Gasteiger charge is 2.14. The quantitative estimate of drug-likeness (QED) is 0.737. The maximum Gasteiger partial charge on any atom is 0.249 e. The van der Waals surface area contributed by atoms with Crippen molar-refractivity contribution < 1.29 is 9.53 Å². The monoisotopic (exact) mass is 239 g/mol. The van der Waals surface area contributed by atoms with E-state index in [0.29, 0.717) is 13.0 Å². The third kappa shape index (κ3) is 4.04. The first-order valence-corrected chi connectivity index (χ1v) is 5.28. The Labute approximate surface area is 99.8 Å². The maximum atomic E-state index is 11.6. The van der Waals surface area contributed by atoms with Gasteiger partial charge in [-0.25, -0.2) is 4.98 Å². The molecule has 0 aromatic carbocycles. The molecule has 3 N–H and O–H groups in total. The van der Waals surface area contributed by atoms with Crippen molar-refractivity contribution >= 4 is 11.9 Å². The van der Waals surface area contributed by atoms with E-state index in [9.17, 15) is 4.79 Å². The summed E-state index contributed by atoms with van der Waals surface area (Å²) in [6.07, 6.45) is 0.445. The molecule has 0 aliphatic carbocycles. The number of anilines is 1. The van der Waals surface area contributed by atoms with Crippen LogP contribution in [-0.2, 0) is 9.53 Å². The molecule has 0 saturated carbocycles. The smallest absolute Gasteiger partial charge is 0.249 e. The van der Waals surface area contributed by atoms with Gasteiger partial charge in [0, 0.05) is 13.7 Å². The summed E-state index contributed by atoms with van der Waals surface area (Å²) >= 11 is 0. The summed E-state index contributed by atoms with van der Waals surface area (Å²) in [6.45, 7) is 4.02. The minimum absolute atomic E-state index is 0.172. The second-order valence-electron chi connectivity index (χ2n) is 3.68. The van der Waals surface area contributed by atoms with Gasteiger partial charge in [-0.15, -0.1) is 5.10 Å². The molecule has 7 nitrogen and oxygen atoms in total. The lowest BCUT2D eigenvalue weighted by atomic mass is 10.2. The van der Waals surface area contributed by atoms with Crippen LogP contribution in [0.2, 0.25) is 0 Å². The predicted molar refractivity (Wildman–Crippen MR) is 62.4 cm³/mol. The number of nitrogens with one attached hydrogen (secondary N) is 1. The second kappa shape index (κ2) is 6.21. The number of hydrogen-bond acceptors (Lipinski definition) is 6. The molecule has 17 heavy (non-hydrogen) atoms. The van der Waals surface area contributed by atoms with Crippen molar-refractivity contribution in [3.8, 4) is 0 Å². The molecular weight excluding hydrogens is 222 g/mol. The third-order valence-electron chi connectivity index (χ3n) is 2.30. The Hall–Kier alpha value is -1.60. The minimum atomic E-state index is -0.639. The van der Waals surface area contributed by atoms with E-state index in [2.05, 4.69) is 20.5 Å². The molecule has 0 saturated heterocycles. The molecule has 0 aliphatic rings. The van der Waals surface area contributed by atoms with Crippen LogP contribution in [0.3, 0.4) is 0 Å². The van der Waals surface area contributed by atoms with Crippen LogP contribution in [0.15, 0.2) is 0 Å². The zero-order chi connectivity index (χ0) is 12.8. The summed E-state index contributed by atoms with van der Waals surface area (Å²) in [5.74, 6) is -0.168. The highest BCUT2D eigenvalue weighted by Crippen LogP contribution is 2.02. The molecule has 0 radical (unpaired) electrons. The number of carbonyl (C=O) groups is 1. The van der Waals surface area contributed by atoms with Crippen molar-refractivity contribution in [2.75, 3.05) is 19.0 Å². The van der Waals surface area contributed by atoms with Gasteiger partial charge in [0.15, 0.2) is 0 Å². The van der Waals surface area contributed by atoms with E-state index in [-0.39, 0.29) is 11.9 Å². The lowest BCUT2D eigenvalue weighted by Gasteiger charge is -2.10. The van der Waals surface area contributed by atoms with Gasteiger partial charge in [0.1, 0.15) is 0 Å². The molecule has 1 heterocycles. The van der Waals surface area contributed by atoms with Crippen LogP contribution in [-0.4, -0.2) is 40.8 Å². The van der Waals surface area contributed by atoms with Gasteiger partial charge < -0.3 is 10.5 Å². The summed E-state index contributed by atoms with van der Waals surface area (Å²) in [7, 11) is 1.56. The molecule has 94 valence electrons.